The molecule has 2 aliphatic heterocycles. The van der Waals surface area contributed by atoms with Gasteiger partial charge in [-0.3, -0.25) is 28.9 Å². The number of furan rings is 1. The summed E-state index contributed by atoms with van der Waals surface area (Å²) in [7, 11) is 0. The van der Waals surface area contributed by atoms with Crippen LogP contribution in [0.1, 0.15) is 50.3 Å². The van der Waals surface area contributed by atoms with Crippen LogP contribution in [0.5, 0.6) is 0 Å². The van der Waals surface area contributed by atoms with Gasteiger partial charge in [-0.05, 0) is 67.3 Å². The minimum Gasteiger partial charge on any atom is -0.467 e. The van der Waals surface area contributed by atoms with Gasteiger partial charge in [0.2, 0.25) is 17.8 Å². The summed E-state index contributed by atoms with van der Waals surface area (Å²) in [5.41, 5.74) is 4.42. The molecule has 282 valence electrons. The van der Waals surface area contributed by atoms with Gasteiger partial charge in [0.15, 0.2) is 5.65 Å². The van der Waals surface area contributed by atoms with Gasteiger partial charge in [-0.1, -0.05) is 23.8 Å². The fourth-order valence-corrected chi connectivity index (χ4v) is 7.05. The summed E-state index contributed by atoms with van der Waals surface area (Å²) < 4.78 is 8.30. The second-order valence-corrected chi connectivity index (χ2v) is 13.6. The molecule has 1 unspecified atom stereocenters. The van der Waals surface area contributed by atoms with Crippen LogP contribution in [0.2, 0.25) is 0 Å². The predicted octanol–water partition coefficient (Wildman–Crippen LogP) is 3.40. The molecule has 17 heteroatoms. The number of carbonyl (C=O) groups is 3. The largest absolute Gasteiger partial charge is 0.467 e. The third-order valence-electron chi connectivity index (χ3n) is 10.1. The Bertz CT molecular complexity index is 2380. The first-order valence-corrected chi connectivity index (χ1v) is 18.5. The van der Waals surface area contributed by atoms with Gasteiger partial charge in [0.25, 0.3) is 11.5 Å². The predicted molar refractivity (Wildman–Crippen MR) is 203 cm³/mol. The minimum absolute atomic E-state index is 0.140. The third-order valence-corrected chi connectivity index (χ3v) is 10.1. The summed E-state index contributed by atoms with van der Waals surface area (Å²) in [6.45, 7) is 4.04. The first kappa shape index (κ1) is 35.4. The highest BCUT2D eigenvalue weighted by Gasteiger charge is 2.30. The lowest BCUT2D eigenvalue weighted by Crippen LogP contribution is -2.48. The number of fused-ring (bicyclic) bond motifs is 2. The van der Waals surface area contributed by atoms with Gasteiger partial charge in [-0.25, -0.2) is 4.98 Å². The van der Waals surface area contributed by atoms with Crippen molar-refractivity contribution in [3.63, 3.8) is 0 Å². The van der Waals surface area contributed by atoms with Crippen LogP contribution < -0.4 is 26.4 Å². The average Bonchev–Trinajstić information content (AvgIpc) is 3.93. The standard InChI is InChI=1S/C38H40N12O5/c51-33-14-13-32(36(53)43-33)50-37(54)29-21-26(9-12-31(29)44-46-50)39-15-3-1-2-6-34(52)48-18-16-47(17-19-48)27-10-7-25(8-11-27)30-23-41-38(49-24-42-45-35(30)49)40-22-28-5-4-20-55-28/h4-5,7-12,20-21,23-24,32,39H,1-3,6,13-19,22H2,(H,40,41)(H,43,51,53). The maximum atomic E-state index is 13.2. The van der Waals surface area contributed by atoms with E-state index in [1.54, 1.807) is 30.9 Å². The maximum absolute atomic E-state index is 13.2. The number of amides is 3. The molecule has 1 atom stereocenters. The van der Waals surface area contributed by atoms with Crippen LogP contribution in [0.15, 0.2) is 82.6 Å². The molecule has 2 aromatic carbocycles. The molecular formula is C38H40N12O5. The van der Waals surface area contributed by atoms with Gasteiger partial charge >= 0.3 is 0 Å². The van der Waals surface area contributed by atoms with Crippen molar-refractivity contribution in [2.24, 2.45) is 0 Å². The van der Waals surface area contributed by atoms with E-state index >= 15 is 0 Å². The smallest absolute Gasteiger partial charge is 0.278 e. The fraction of sp³-hybridized carbons (Fsp3) is 0.342. The van der Waals surface area contributed by atoms with Crippen LogP contribution in [-0.4, -0.2) is 89.9 Å². The number of hydrogen-bond acceptors (Lipinski definition) is 13. The van der Waals surface area contributed by atoms with Crippen molar-refractivity contribution >= 4 is 51.6 Å². The number of piperidine rings is 1. The molecule has 0 bridgehead atoms. The summed E-state index contributed by atoms with van der Waals surface area (Å²) in [6, 6.07) is 16.5. The molecule has 0 radical (unpaired) electrons. The van der Waals surface area contributed by atoms with Crippen LogP contribution in [0, 0.1) is 0 Å². The minimum atomic E-state index is -0.868. The van der Waals surface area contributed by atoms with Gasteiger partial charge < -0.3 is 24.9 Å². The zero-order chi connectivity index (χ0) is 37.7. The average molecular weight is 745 g/mol. The zero-order valence-corrected chi connectivity index (χ0v) is 30.1. The molecule has 0 aliphatic carbocycles. The quantitative estimate of drug-likeness (QED) is 0.115. The van der Waals surface area contributed by atoms with Crippen molar-refractivity contribution in [3.8, 4) is 11.1 Å². The third kappa shape index (κ3) is 7.71. The Hall–Kier alpha value is -6.65. The van der Waals surface area contributed by atoms with Gasteiger partial charge in [0.05, 0.1) is 18.2 Å². The van der Waals surface area contributed by atoms with E-state index in [1.165, 1.54) is 0 Å². The number of unbranched alkanes of at least 4 members (excludes halogenated alkanes) is 2. The molecule has 4 aromatic heterocycles. The van der Waals surface area contributed by atoms with E-state index in [1.807, 2.05) is 27.5 Å². The summed E-state index contributed by atoms with van der Waals surface area (Å²) in [6.07, 6.45) is 8.46. The van der Waals surface area contributed by atoms with E-state index in [-0.39, 0.29) is 24.7 Å². The Labute approximate surface area is 314 Å². The van der Waals surface area contributed by atoms with Gasteiger partial charge in [-0.15, -0.1) is 15.3 Å². The lowest BCUT2D eigenvalue weighted by Gasteiger charge is -2.36. The van der Waals surface area contributed by atoms with Crippen molar-refractivity contribution in [2.45, 2.75) is 51.1 Å². The van der Waals surface area contributed by atoms with Crippen LogP contribution in [-0.2, 0) is 20.9 Å². The first-order valence-electron chi connectivity index (χ1n) is 18.5. The molecule has 8 rings (SSSR count). The molecule has 3 N–H and O–H groups in total. The highest BCUT2D eigenvalue weighted by atomic mass is 16.3. The van der Waals surface area contributed by atoms with Crippen molar-refractivity contribution in [3.05, 3.63) is 89.5 Å². The van der Waals surface area contributed by atoms with Crippen molar-refractivity contribution in [2.75, 3.05) is 48.3 Å². The molecule has 2 fully saturated rings. The second-order valence-electron chi connectivity index (χ2n) is 13.6. The van der Waals surface area contributed by atoms with Crippen molar-refractivity contribution in [1.29, 1.82) is 0 Å². The number of benzene rings is 2. The van der Waals surface area contributed by atoms with Crippen LogP contribution in [0.4, 0.5) is 17.3 Å². The zero-order valence-electron chi connectivity index (χ0n) is 30.1. The molecule has 6 heterocycles. The number of imide groups is 1. The Morgan fingerprint density at radius 3 is 2.60 bits per heavy atom. The Morgan fingerprint density at radius 2 is 1.80 bits per heavy atom. The Morgan fingerprint density at radius 1 is 0.945 bits per heavy atom. The lowest BCUT2D eigenvalue weighted by molar-refractivity contribution is -0.136. The summed E-state index contributed by atoms with van der Waals surface area (Å²) >= 11 is 0. The number of carbonyl (C=O) groups excluding carboxylic acids is 3. The SMILES string of the molecule is O=C1CCC(n2nnc3ccc(NCCCCCC(=O)N4CCN(c5ccc(-c6cnc(NCc7ccco7)n7cnnc67)cc5)CC4)cc3c2=O)C(=O)N1. The van der Waals surface area contributed by atoms with Gasteiger partial charge in [0.1, 0.15) is 23.6 Å². The maximum Gasteiger partial charge on any atom is 0.278 e. The molecule has 55 heavy (non-hydrogen) atoms. The van der Waals surface area contributed by atoms with Gasteiger partial charge in [-0.2, -0.15) is 4.68 Å². The van der Waals surface area contributed by atoms with E-state index in [9.17, 15) is 19.2 Å². The normalized spacial score (nSPS) is 16.1. The second kappa shape index (κ2) is 15.8. The molecule has 0 saturated carbocycles. The summed E-state index contributed by atoms with van der Waals surface area (Å²) in [4.78, 5) is 58.9. The molecular weight excluding hydrogens is 704 g/mol. The van der Waals surface area contributed by atoms with Crippen LogP contribution >= 0.6 is 0 Å². The summed E-state index contributed by atoms with van der Waals surface area (Å²) in [5, 5.41) is 25.7. The number of rotatable bonds is 13. The molecule has 2 aliphatic rings. The molecule has 17 nitrogen and oxygen atoms in total. The monoisotopic (exact) mass is 744 g/mol. The Kier molecular flexibility index (Phi) is 10.1. The van der Waals surface area contributed by atoms with Crippen LogP contribution in [0.25, 0.3) is 27.7 Å². The number of aromatic nitrogens is 7. The van der Waals surface area contributed by atoms with E-state index in [0.29, 0.717) is 55.1 Å². The van der Waals surface area contributed by atoms with Crippen LogP contribution in [0.3, 0.4) is 0 Å². The van der Waals surface area contributed by atoms with E-state index < -0.39 is 17.5 Å². The van der Waals surface area contributed by atoms with Crippen molar-refractivity contribution < 1.29 is 18.8 Å². The highest BCUT2D eigenvalue weighted by Crippen LogP contribution is 2.28. The van der Waals surface area contributed by atoms with Gasteiger partial charge in [0, 0.05) is 68.7 Å². The number of nitrogens with zero attached hydrogens (tertiary/aromatic N) is 9. The topological polar surface area (TPSA) is 198 Å². The van der Waals surface area contributed by atoms with Crippen molar-refractivity contribution in [1.82, 2.24) is 44.8 Å². The van der Waals surface area contributed by atoms with E-state index in [0.717, 1.165) is 65.3 Å². The molecule has 3 amide bonds. The summed E-state index contributed by atoms with van der Waals surface area (Å²) in [5.74, 6) is 0.697. The first-order chi connectivity index (χ1) is 26.9. The lowest BCUT2D eigenvalue weighted by atomic mass is 10.1. The molecule has 2 saturated heterocycles. The van der Waals surface area contributed by atoms with E-state index in [2.05, 4.69) is 70.6 Å². The molecule has 6 aromatic rings. The van der Waals surface area contributed by atoms with E-state index in [4.69, 9.17) is 4.42 Å². The number of anilines is 3. The highest BCUT2D eigenvalue weighted by molar-refractivity contribution is 5.99. The number of hydrogen-bond donors (Lipinski definition) is 3. The number of nitrogens with one attached hydrogen (secondary N) is 3. The fourth-order valence-electron chi connectivity index (χ4n) is 7.05. The molecule has 0 spiro atoms. The number of piperazine rings is 1. The Balaban J connectivity index is 0.771.